The highest BCUT2D eigenvalue weighted by Crippen LogP contribution is 2.19. The van der Waals surface area contributed by atoms with Crippen LogP contribution in [0.5, 0.6) is 0 Å². The number of nitrogens with zero attached hydrogens (tertiary/aromatic N) is 3. The lowest BCUT2D eigenvalue weighted by Gasteiger charge is -2.23. The number of amides is 2. The van der Waals surface area contributed by atoms with Gasteiger partial charge in [0, 0.05) is 30.0 Å². The standard InChI is InChI=1S/C18H24N4O5S/c1-18(2,3)20-13(23)9-22(4)15(24)10-26-16(25)6-5-14-19-17(21-27-14)12-7-8-28-11-12/h7-8,11H,5-6,9-10H2,1-4H3,(H,20,23). The maximum atomic E-state index is 12.0. The smallest absolute Gasteiger partial charge is 0.306 e. The molecule has 0 atom stereocenters. The van der Waals surface area contributed by atoms with Gasteiger partial charge in [0.15, 0.2) is 6.61 Å². The number of carbonyl (C=O) groups is 3. The largest absolute Gasteiger partial charge is 0.456 e. The second kappa shape index (κ2) is 9.45. The Bertz CT molecular complexity index is 810. The molecule has 28 heavy (non-hydrogen) atoms. The van der Waals surface area contributed by atoms with Gasteiger partial charge in [0.2, 0.25) is 17.6 Å². The monoisotopic (exact) mass is 408 g/mol. The molecular formula is C18H24N4O5S. The average Bonchev–Trinajstić information content (AvgIpc) is 3.26. The van der Waals surface area contributed by atoms with Crippen molar-refractivity contribution in [1.29, 1.82) is 0 Å². The number of carbonyl (C=O) groups excluding carboxylic acids is 3. The van der Waals surface area contributed by atoms with Crippen LogP contribution in [-0.2, 0) is 25.5 Å². The van der Waals surface area contributed by atoms with Crippen LogP contribution in [0.3, 0.4) is 0 Å². The molecule has 10 heteroatoms. The maximum Gasteiger partial charge on any atom is 0.306 e. The number of hydrogen-bond donors (Lipinski definition) is 1. The van der Waals surface area contributed by atoms with Crippen LogP contribution in [0, 0.1) is 0 Å². The van der Waals surface area contributed by atoms with E-state index in [1.54, 1.807) is 0 Å². The van der Waals surface area contributed by atoms with Crippen molar-refractivity contribution >= 4 is 29.1 Å². The molecule has 0 aromatic carbocycles. The van der Waals surface area contributed by atoms with E-state index in [-0.39, 0.29) is 30.8 Å². The molecule has 1 N–H and O–H groups in total. The van der Waals surface area contributed by atoms with Gasteiger partial charge in [-0.3, -0.25) is 14.4 Å². The first kappa shape index (κ1) is 21.5. The molecule has 9 nitrogen and oxygen atoms in total. The van der Waals surface area contributed by atoms with Crippen LogP contribution in [0.1, 0.15) is 33.1 Å². The number of nitrogens with one attached hydrogen (secondary N) is 1. The molecule has 2 heterocycles. The van der Waals surface area contributed by atoms with Gasteiger partial charge in [-0.05, 0) is 32.2 Å². The lowest BCUT2D eigenvalue weighted by Crippen LogP contribution is -2.46. The number of ether oxygens (including phenoxy) is 1. The zero-order valence-electron chi connectivity index (χ0n) is 16.4. The quantitative estimate of drug-likeness (QED) is 0.660. The lowest BCUT2D eigenvalue weighted by atomic mass is 10.1. The van der Waals surface area contributed by atoms with Gasteiger partial charge in [-0.2, -0.15) is 16.3 Å². The third-order valence-electron chi connectivity index (χ3n) is 3.47. The molecular weight excluding hydrogens is 384 g/mol. The van der Waals surface area contributed by atoms with E-state index >= 15 is 0 Å². The topological polar surface area (TPSA) is 115 Å². The van der Waals surface area contributed by atoms with Gasteiger partial charge in [0.1, 0.15) is 0 Å². The molecule has 0 aliphatic rings. The molecule has 0 fully saturated rings. The number of likely N-dealkylation sites (N-methyl/N-ethyl adjacent to an activating group) is 1. The third-order valence-corrected chi connectivity index (χ3v) is 4.15. The Balaban J connectivity index is 1.70. The Morgan fingerprint density at radius 3 is 2.71 bits per heavy atom. The van der Waals surface area contributed by atoms with Gasteiger partial charge in [0.25, 0.3) is 5.91 Å². The zero-order chi connectivity index (χ0) is 20.7. The predicted octanol–water partition coefficient (Wildman–Crippen LogP) is 1.65. The third kappa shape index (κ3) is 7.10. The van der Waals surface area contributed by atoms with E-state index in [9.17, 15) is 14.4 Å². The van der Waals surface area contributed by atoms with Crippen molar-refractivity contribution in [2.24, 2.45) is 0 Å². The van der Waals surface area contributed by atoms with E-state index in [4.69, 9.17) is 9.26 Å². The number of aryl methyl sites for hydroxylation is 1. The van der Waals surface area contributed by atoms with Gasteiger partial charge >= 0.3 is 5.97 Å². The summed E-state index contributed by atoms with van der Waals surface area (Å²) < 4.78 is 10.1. The summed E-state index contributed by atoms with van der Waals surface area (Å²) in [5.41, 5.74) is 0.470. The minimum atomic E-state index is -0.559. The van der Waals surface area contributed by atoms with Crippen molar-refractivity contribution in [3.05, 3.63) is 22.7 Å². The summed E-state index contributed by atoms with van der Waals surface area (Å²) in [5, 5.41) is 10.4. The van der Waals surface area contributed by atoms with Crippen LogP contribution in [0.15, 0.2) is 21.3 Å². The highest BCUT2D eigenvalue weighted by molar-refractivity contribution is 7.08. The van der Waals surface area contributed by atoms with Crippen molar-refractivity contribution in [1.82, 2.24) is 20.4 Å². The highest BCUT2D eigenvalue weighted by Gasteiger charge is 2.19. The fourth-order valence-electron chi connectivity index (χ4n) is 2.16. The fourth-order valence-corrected chi connectivity index (χ4v) is 2.79. The molecule has 2 amide bonds. The van der Waals surface area contributed by atoms with Gasteiger partial charge < -0.3 is 19.5 Å². The second-order valence-electron chi connectivity index (χ2n) is 7.23. The lowest BCUT2D eigenvalue weighted by molar-refractivity contribution is -0.152. The number of esters is 1. The van der Waals surface area contributed by atoms with Crippen LogP contribution >= 0.6 is 11.3 Å². The summed E-state index contributed by atoms with van der Waals surface area (Å²) in [7, 11) is 1.48. The fraction of sp³-hybridized carbons (Fsp3) is 0.500. The molecule has 0 saturated heterocycles. The van der Waals surface area contributed by atoms with Gasteiger partial charge in [-0.1, -0.05) is 5.16 Å². The van der Waals surface area contributed by atoms with Gasteiger partial charge in [-0.15, -0.1) is 0 Å². The summed E-state index contributed by atoms with van der Waals surface area (Å²) in [6.07, 6.45) is 0.223. The second-order valence-corrected chi connectivity index (χ2v) is 8.01. The highest BCUT2D eigenvalue weighted by atomic mass is 32.1. The number of thiophene rings is 1. The number of aromatic nitrogens is 2. The molecule has 0 saturated carbocycles. The van der Waals surface area contributed by atoms with Crippen LogP contribution < -0.4 is 5.32 Å². The van der Waals surface area contributed by atoms with E-state index in [0.717, 1.165) is 5.56 Å². The first-order chi connectivity index (χ1) is 13.1. The maximum absolute atomic E-state index is 12.0. The molecule has 0 radical (unpaired) electrons. The molecule has 152 valence electrons. The molecule has 2 aromatic rings. The SMILES string of the molecule is CN(CC(=O)NC(C)(C)C)C(=O)COC(=O)CCc1nc(-c2ccsc2)no1. The van der Waals surface area contributed by atoms with Crippen molar-refractivity contribution in [2.45, 2.75) is 39.2 Å². The minimum absolute atomic E-state index is 0.00672. The number of rotatable bonds is 8. The van der Waals surface area contributed by atoms with E-state index in [2.05, 4.69) is 15.5 Å². The van der Waals surface area contributed by atoms with Crippen molar-refractivity contribution in [3.63, 3.8) is 0 Å². The first-order valence-electron chi connectivity index (χ1n) is 8.70. The van der Waals surface area contributed by atoms with E-state index < -0.39 is 18.5 Å². The summed E-state index contributed by atoms with van der Waals surface area (Å²) >= 11 is 1.52. The Morgan fingerprint density at radius 1 is 1.32 bits per heavy atom. The van der Waals surface area contributed by atoms with Crippen LogP contribution in [0.4, 0.5) is 0 Å². The molecule has 0 aliphatic heterocycles. The average molecular weight is 408 g/mol. The van der Waals surface area contributed by atoms with E-state index in [1.807, 2.05) is 37.6 Å². The summed E-state index contributed by atoms with van der Waals surface area (Å²) in [6.45, 7) is 5.01. The molecule has 2 rings (SSSR count). The van der Waals surface area contributed by atoms with Crippen LogP contribution in [0.25, 0.3) is 11.4 Å². The first-order valence-corrected chi connectivity index (χ1v) is 9.64. The van der Waals surface area contributed by atoms with E-state index in [1.165, 1.54) is 23.3 Å². The molecule has 0 bridgehead atoms. The molecule has 0 aliphatic carbocycles. The van der Waals surface area contributed by atoms with Gasteiger partial charge in [-0.25, -0.2) is 0 Å². The van der Waals surface area contributed by atoms with Crippen molar-refractivity contribution in [2.75, 3.05) is 20.2 Å². The summed E-state index contributed by atoms with van der Waals surface area (Å²) in [4.78, 5) is 41.1. The van der Waals surface area contributed by atoms with Crippen molar-refractivity contribution in [3.8, 4) is 11.4 Å². The molecule has 0 unspecified atom stereocenters. The molecule has 0 spiro atoms. The Labute approximate surface area is 167 Å². The van der Waals surface area contributed by atoms with E-state index in [0.29, 0.717) is 11.7 Å². The number of hydrogen-bond acceptors (Lipinski definition) is 8. The Morgan fingerprint density at radius 2 is 2.07 bits per heavy atom. The zero-order valence-corrected chi connectivity index (χ0v) is 17.2. The normalized spacial score (nSPS) is 11.1. The van der Waals surface area contributed by atoms with Gasteiger partial charge in [0.05, 0.1) is 13.0 Å². The summed E-state index contributed by atoms with van der Waals surface area (Å²) in [6, 6.07) is 1.87. The van der Waals surface area contributed by atoms with Crippen LogP contribution in [-0.4, -0.2) is 58.6 Å². The van der Waals surface area contributed by atoms with Crippen molar-refractivity contribution < 1.29 is 23.6 Å². The Hall–Kier alpha value is -2.75. The van der Waals surface area contributed by atoms with Crippen LogP contribution in [0.2, 0.25) is 0 Å². The summed E-state index contributed by atoms with van der Waals surface area (Å²) in [5.74, 6) is -0.519. The molecule has 2 aromatic heterocycles. The predicted molar refractivity (Wildman–Crippen MR) is 102 cm³/mol. The Kier molecular flexibility index (Phi) is 7.27. The minimum Gasteiger partial charge on any atom is -0.456 e.